The third-order valence-electron chi connectivity index (χ3n) is 3.42. The molecule has 0 atom stereocenters. The summed E-state index contributed by atoms with van der Waals surface area (Å²) in [4.78, 5) is 16.3. The minimum absolute atomic E-state index is 0.00656. The molecule has 9 heteroatoms. The Labute approximate surface area is 160 Å². The van der Waals surface area contributed by atoms with E-state index in [9.17, 15) is 22.4 Å². The van der Waals surface area contributed by atoms with Crippen LogP contribution < -0.4 is 5.32 Å². The van der Waals surface area contributed by atoms with Crippen LogP contribution >= 0.6 is 23.1 Å². The van der Waals surface area contributed by atoms with Crippen LogP contribution in [0.25, 0.3) is 11.3 Å². The van der Waals surface area contributed by atoms with Crippen molar-refractivity contribution in [3.63, 3.8) is 0 Å². The molecule has 3 aromatic rings. The number of amides is 1. The number of thioether (sulfide) groups is 1. The van der Waals surface area contributed by atoms with E-state index in [-0.39, 0.29) is 17.3 Å². The summed E-state index contributed by atoms with van der Waals surface area (Å²) >= 11 is 2.51. The Hall–Kier alpha value is -2.39. The Morgan fingerprint density at radius 2 is 1.89 bits per heavy atom. The van der Waals surface area contributed by atoms with E-state index < -0.39 is 17.6 Å². The van der Waals surface area contributed by atoms with Crippen molar-refractivity contribution in [2.24, 2.45) is 0 Å². The summed E-state index contributed by atoms with van der Waals surface area (Å²) in [6.45, 7) is 0. The van der Waals surface area contributed by atoms with Gasteiger partial charge in [0.05, 0.1) is 17.0 Å². The van der Waals surface area contributed by atoms with Crippen LogP contribution in [-0.4, -0.2) is 16.6 Å². The Bertz CT molecular complexity index is 939. The van der Waals surface area contributed by atoms with Gasteiger partial charge in [-0.25, -0.2) is 9.37 Å². The molecule has 1 aromatic heterocycles. The van der Waals surface area contributed by atoms with Crippen molar-refractivity contribution >= 4 is 34.7 Å². The number of thiazole rings is 1. The van der Waals surface area contributed by atoms with Crippen molar-refractivity contribution in [2.45, 2.75) is 10.5 Å². The molecule has 0 bridgehead atoms. The van der Waals surface area contributed by atoms with Crippen LogP contribution in [0.5, 0.6) is 0 Å². The van der Waals surface area contributed by atoms with E-state index in [2.05, 4.69) is 10.3 Å². The lowest BCUT2D eigenvalue weighted by Gasteiger charge is -2.09. The van der Waals surface area contributed by atoms with Gasteiger partial charge in [-0.05, 0) is 42.5 Å². The van der Waals surface area contributed by atoms with Gasteiger partial charge in [0.1, 0.15) is 5.82 Å². The molecule has 2 aromatic carbocycles. The third kappa shape index (κ3) is 5.30. The average molecular weight is 412 g/mol. The maximum Gasteiger partial charge on any atom is 0.416 e. The molecule has 0 aliphatic heterocycles. The lowest BCUT2D eigenvalue weighted by molar-refractivity contribution is -0.137. The molecule has 0 saturated heterocycles. The maximum atomic E-state index is 13.0. The van der Waals surface area contributed by atoms with Crippen LogP contribution in [0, 0.1) is 5.82 Å². The number of carbonyl (C=O) groups excluding carboxylic acids is 1. The van der Waals surface area contributed by atoms with Crippen molar-refractivity contribution < 1.29 is 22.4 Å². The molecular formula is C18H12F4N2OS2. The van der Waals surface area contributed by atoms with Crippen LogP contribution in [0.1, 0.15) is 5.56 Å². The second-order valence-electron chi connectivity index (χ2n) is 5.42. The van der Waals surface area contributed by atoms with Gasteiger partial charge < -0.3 is 5.32 Å². The highest BCUT2D eigenvalue weighted by atomic mass is 32.2. The number of nitrogens with one attached hydrogen (secondary N) is 1. The minimum atomic E-state index is -4.47. The van der Waals surface area contributed by atoms with E-state index in [4.69, 9.17) is 0 Å². The molecule has 1 heterocycles. The zero-order chi connectivity index (χ0) is 19.4. The topological polar surface area (TPSA) is 42.0 Å². The van der Waals surface area contributed by atoms with Crippen LogP contribution in [0.15, 0.2) is 58.3 Å². The van der Waals surface area contributed by atoms with Crippen LogP contribution in [-0.2, 0) is 11.0 Å². The minimum Gasteiger partial charge on any atom is -0.325 e. The number of benzene rings is 2. The predicted octanol–water partition coefficient (Wildman–Crippen LogP) is 5.70. The average Bonchev–Trinajstić information content (AvgIpc) is 3.09. The zero-order valence-corrected chi connectivity index (χ0v) is 15.2. The lowest BCUT2D eigenvalue weighted by Crippen LogP contribution is -2.15. The molecule has 0 spiro atoms. The fourth-order valence-corrected chi connectivity index (χ4v) is 3.81. The molecule has 3 nitrogen and oxygen atoms in total. The van der Waals surface area contributed by atoms with Crippen molar-refractivity contribution in [3.05, 3.63) is 65.3 Å². The molecule has 0 fully saturated rings. The molecule has 0 aliphatic rings. The SMILES string of the molecule is O=C(CSc1nc(-c2ccc(F)cc2)cs1)Nc1cccc(C(F)(F)F)c1. The van der Waals surface area contributed by atoms with E-state index in [1.54, 1.807) is 17.5 Å². The highest BCUT2D eigenvalue weighted by Gasteiger charge is 2.30. The number of alkyl halides is 3. The first-order valence-corrected chi connectivity index (χ1v) is 9.49. The van der Waals surface area contributed by atoms with E-state index in [0.29, 0.717) is 10.0 Å². The number of carbonyl (C=O) groups is 1. The van der Waals surface area contributed by atoms with Crippen LogP contribution in [0.3, 0.4) is 0 Å². The first-order chi connectivity index (χ1) is 12.8. The van der Waals surface area contributed by atoms with Crippen molar-refractivity contribution in [1.82, 2.24) is 4.98 Å². The van der Waals surface area contributed by atoms with E-state index in [1.807, 2.05) is 0 Å². The number of hydrogen-bond acceptors (Lipinski definition) is 4. The molecule has 0 aliphatic carbocycles. The summed E-state index contributed by atoms with van der Waals surface area (Å²) in [5.41, 5.74) is 0.687. The van der Waals surface area contributed by atoms with Crippen LogP contribution in [0.2, 0.25) is 0 Å². The van der Waals surface area contributed by atoms with E-state index in [0.717, 1.165) is 17.7 Å². The molecule has 1 amide bonds. The smallest absolute Gasteiger partial charge is 0.325 e. The predicted molar refractivity (Wildman–Crippen MR) is 98.3 cm³/mol. The van der Waals surface area contributed by atoms with Gasteiger partial charge >= 0.3 is 6.18 Å². The second-order valence-corrected chi connectivity index (χ2v) is 7.50. The number of hydrogen-bond donors (Lipinski definition) is 1. The molecule has 0 unspecified atom stereocenters. The summed E-state index contributed by atoms with van der Waals surface area (Å²) in [6.07, 6.45) is -4.47. The second kappa shape index (κ2) is 8.10. The Morgan fingerprint density at radius 1 is 1.15 bits per heavy atom. The maximum absolute atomic E-state index is 13.0. The Balaban J connectivity index is 1.58. The van der Waals surface area contributed by atoms with Crippen molar-refractivity contribution in [1.29, 1.82) is 0 Å². The normalized spacial score (nSPS) is 11.4. The number of anilines is 1. The van der Waals surface area contributed by atoms with Gasteiger partial charge in [0.25, 0.3) is 0 Å². The number of nitrogens with zero attached hydrogens (tertiary/aromatic N) is 1. The number of halogens is 4. The molecule has 0 radical (unpaired) electrons. The summed E-state index contributed by atoms with van der Waals surface area (Å²) in [7, 11) is 0. The fourth-order valence-electron chi connectivity index (χ4n) is 2.17. The summed E-state index contributed by atoms with van der Waals surface area (Å²) < 4.78 is 51.7. The summed E-state index contributed by atoms with van der Waals surface area (Å²) in [5, 5.41) is 4.24. The van der Waals surface area contributed by atoms with E-state index in [1.165, 1.54) is 47.4 Å². The van der Waals surface area contributed by atoms with Gasteiger partial charge in [-0.15, -0.1) is 11.3 Å². The summed E-state index contributed by atoms with van der Waals surface area (Å²) in [6, 6.07) is 10.4. The summed E-state index contributed by atoms with van der Waals surface area (Å²) in [5.74, 6) is -0.764. The number of aromatic nitrogens is 1. The fraction of sp³-hybridized carbons (Fsp3) is 0.111. The molecule has 3 rings (SSSR count). The highest BCUT2D eigenvalue weighted by Crippen LogP contribution is 2.31. The van der Waals surface area contributed by atoms with Gasteiger partial charge in [0, 0.05) is 16.6 Å². The Kier molecular flexibility index (Phi) is 5.81. The molecule has 0 saturated carbocycles. The largest absolute Gasteiger partial charge is 0.416 e. The standard InChI is InChI=1S/C18H12F4N2OS2/c19-13-6-4-11(5-7-13)15-9-26-17(24-15)27-10-16(25)23-14-3-1-2-12(8-14)18(20,21)22/h1-9H,10H2,(H,23,25). The lowest BCUT2D eigenvalue weighted by atomic mass is 10.2. The third-order valence-corrected chi connectivity index (χ3v) is 5.44. The monoisotopic (exact) mass is 412 g/mol. The first-order valence-electron chi connectivity index (χ1n) is 7.62. The Morgan fingerprint density at radius 3 is 2.59 bits per heavy atom. The molecule has 140 valence electrons. The van der Waals surface area contributed by atoms with Gasteiger partial charge in [0.15, 0.2) is 4.34 Å². The van der Waals surface area contributed by atoms with Gasteiger partial charge in [-0.1, -0.05) is 17.8 Å². The molecule has 1 N–H and O–H groups in total. The van der Waals surface area contributed by atoms with Crippen molar-refractivity contribution in [3.8, 4) is 11.3 Å². The van der Waals surface area contributed by atoms with Crippen molar-refractivity contribution in [2.75, 3.05) is 11.1 Å². The quantitative estimate of drug-likeness (QED) is 0.432. The zero-order valence-electron chi connectivity index (χ0n) is 13.6. The van der Waals surface area contributed by atoms with E-state index >= 15 is 0 Å². The van der Waals surface area contributed by atoms with Gasteiger partial charge in [-0.3, -0.25) is 4.79 Å². The van der Waals surface area contributed by atoms with Crippen LogP contribution in [0.4, 0.5) is 23.2 Å². The van der Waals surface area contributed by atoms with Gasteiger partial charge in [0.2, 0.25) is 5.91 Å². The molecular weight excluding hydrogens is 400 g/mol. The number of rotatable bonds is 5. The first kappa shape index (κ1) is 19.4. The van der Waals surface area contributed by atoms with Gasteiger partial charge in [-0.2, -0.15) is 13.2 Å². The molecule has 27 heavy (non-hydrogen) atoms. The highest BCUT2D eigenvalue weighted by molar-refractivity contribution is 8.01.